The van der Waals surface area contributed by atoms with Crippen LogP contribution in [-0.4, -0.2) is 29.7 Å². The molecule has 0 amide bonds. The van der Waals surface area contributed by atoms with Gasteiger partial charge in [0.2, 0.25) is 0 Å². The molecule has 0 saturated carbocycles. The van der Waals surface area contributed by atoms with Gasteiger partial charge in [-0.3, -0.25) is 0 Å². The van der Waals surface area contributed by atoms with E-state index in [2.05, 4.69) is 36.2 Å². The molecule has 2 N–H and O–H groups in total. The first kappa shape index (κ1) is 8.40. The highest BCUT2D eigenvalue weighted by Gasteiger charge is 2.13. The lowest BCUT2D eigenvalue weighted by Crippen LogP contribution is -2.39. The summed E-state index contributed by atoms with van der Waals surface area (Å²) in [5.41, 5.74) is 5.90. The molecule has 1 unspecified atom stereocenters. The Balaban J connectivity index is 2.32. The van der Waals surface area contributed by atoms with E-state index in [1.807, 2.05) is 0 Å². The first-order chi connectivity index (χ1) is 5.24. The molecule has 0 radical (unpaired) electrons. The van der Waals surface area contributed by atoms with Crippen molar-refractivity contribution in [3.8, 4) is 0 Å². The highest BCUT2D eigenvalue weighted by atomic mass is 15.4. The zero-order valence-corrected chi connectivity index (χ0v) is 7.33. The first-order valence-corrected chi connectivity index (χ1v) is 4.14. The second-order valence-corrected chi connectivity index (χ2v) is 3.07. The second-order valence-electron chi connectivity index (χ2n) is 3.07. The molecule has 1 heterocycles. The Morgan fingerprint density at radius 1 is 1.55 bits per heavy atom. The fourth-order valence-corrected chi connectivity index (χ4v) is 1.23. The molecule has 11 heavy (non-hydrogen) atoms. The minimum absolute atomic E-state index is 0.196. The Bertz CT molecular complexity index is 144. The minimum atomic E-state index is 0.196. The van der Waals surface area contributed by atoms with Gasteiger partial charge in [0.25, 0.3) is 0 Å². The number of hydrogen-bond donors (Lipinski definition) is 1. The van der Waals surface area contributed by atoms with E-state index < -0.39 is 0 Å². The van der Waals surface area contributed by atoms with E-state index in [-0.39, 0.29) is 6.17 Å². The minimum Gasteiger partial charge on any atom is -0.362 e. The maximum atomic E-state index is 5.90. The van der Waals surface area contributed by atoms with Gasteiger partial charge < -0.3 is 15.5 Å². The Morgan fingerprint density at radius 3 is 2.73 bits per heavy atom. The summed E-state index contributed by atoms with van der Waals surface area (Å²) in [6.45, 7) is 3.09. The molecule has 0 bridgehead atoms. The lowest BCUT2D eigenvalue weighted by atomic mass is 10.3. The maximum absolute atomic E-state index is 5.90. The van der Waals surface area contributed by atoms with Crippen molar-refractivity contribution in [2.24, 2.45) is 5.73 Å². The molecular weight excluding hydrogens is 138 g/mol. The van der Waals surface area contributed by atoms with Crippen molar-refractivity contribution in [2.75, 3.05) is 13.7 Å². The van der Waals surface area contributed by atoms with Crippen LogP contribution in [0.1, 0.15) is 19.8 Å². The number of rotatable bonds is 3. The monoisotopic (exact) mass is 155 g/mol. The maximum Gasteiger partial charge on any atom is 0.0905 e. The molecular formula is C8H17N3. The molecule has 1 atom stereocenters. The third-order valence-electron chi connectivity index (χ3n) is 1.91. The van der Waals surface area contributed by atoms with Crippen LogP contribution < -0.4 is 5.73 Å². The largest absolute Gasteiger partial charge is 0.362 e. The quantitative estimate of drug-likeness (QED) is 0.652. The van der Waals surface area contributed by atoms with Crippen molar-refractivity contribution in [1.29, 1.82) is 0 Å². The van der Waals surface area contributed by atoms with Crippen LogP contribution in [0, 0.1) is 0 Å². The third kappa shape index (κ3) is 2.12. The van der Waals surface area contributed by atoms with Crippen LogP contribution in [0.2, 0.25) is 0 Å². The van der Waals surface area contributed by atoms with Gasteiger partial charge in [0.15, 0.2) is 0 Å². The summed E-state index contributed by atoms with van der Waals surface area (Å²) in [4.78, 5) is 4.28. The highest BCUT2D eigenvalue weighted by molar-refractivity contribution is 4.90. The van der Waals surface area contributed by atoms with Gasteiger partial charge in [-0.25, -0.2) is 0 Å². The summed E-state index contributed by atoms with van der Waals surface area (Å²) in [5, 5.41) is 0. The smallest absolute Gasteiger partial charge is 0.0905 e. The molecule has 0 spiro atoms. The normalized spacial score (nSPS) is 19.5. The zero-order chi connectivity index (χ0) is 8.27. The van der Waals surface area contributed by atoms with Crippen LogP contribution in [0.4, 0.5) is 0 Å². The van der Waals surface area contributed by atoms with Crippen molar-refractivity contribution in [1.82, 2.24) is 9.80 Å². The van der Waals surface area contributed by atoms with Crippen molar-refractivity contribution in [3.63, 3.8) is 0 Å². The summed E-state index contributed by atoms with van der Waals surface area (Å²) in [6.07, 6.45) is 6.52. The Kier molecular flexibility index (Phi) is 2.76. The number of hydrogen-bond acceptors (Lipinski definition) is 3. The predicted octanol–water partition coefficient (Wildman–Crippen LogP) is 0.747. The Labute approximate surface area is 68.5 Å². The zero-order valence-electron chi connectivity index (χ0n) is 7.33. The average molecular weight is 155 g/mol. The van der Waals surface area contributed by atoms with Gasteiger partial charge in [-0.1, -0.05) is 13.3 Å². The van der Waals surface area contributed by atoms with Crippen molar-refractivity contribution in [2.45, 2.75) is 25.9 Å². The third-order valence-corrected chi connectivity index (χ3v) is 1.91. The number of nitrogens with two attached hydrogens (primary N) is 1. The van der Waals surface area contributed by atoms with E-state index in [1.54, 1.807) is 0 Å². The Hall–Kier alpha value is -0.700. The first-order valence-electron chi connectivity index (χ1n) is 4.14. The fraction of sp³-hybridized carbons (Fsp3) is 0.750. The van der Waals surface area contributed by atoms with Crippen LogP contribution in [0.3, 0.4) is 0 Å². The van der Waals surface area contributed by atoms with Crippen LogP contribution in [0.15, 0.2) is 12.4 Å². The molecule has 3 heteroatoms. The Morgan fingerprint density at radius 2 is 2.27 bits per heavy atom. The lowest BCUT2D eigenvalue weighted by Gasteiger charge is -2.24. The van der Waals surface area contributed by atoms with E-state index >= 15 is 0 Å². The summed E-state index contributed by atoms with van der Waals surface area (Å²) >= 11 is 0. The van der Waals surface area contributed by atoms with Gasteiger partial charge in [-0.05, 0) is 6.42 Å². The second kappa shape index (κ2) is 3.62. The van der Waals surface area contributed by atoms with Gasteiger partial charge in [0.1, 0.15) is 0 Å². The van der Waals surface area contributed by atoms with Gasteiger partial charge in [0, 0.05) is 19.4 Å². The molecule has 1 aliphatic heterocycles. The van der Waals surface area contributed by atoms with Gasteiger partial charge >= 0.3 is 0 Å². The van der Waals surface area contributed by atoms with Crippen LogP contribution in [-0.2, 0) is 0 Å². The molecule has 1 aliphatic rings. The molecule has 0 aromatic rings. The van der Waals surface area contributed by atoms with E-state index in [0.717, 1.165) is 19.5 Å². The molecule has 0 aliphatic carbocycles. The molecule has 0 saturated heterocycles. The van der Waals surface area contributed by atoms with Gasteiger partial charge in [-0.2, -0.15) is 0 Å². The van der Waals surface area contributed by atoms with E-state index in [9.17, 15) is 0 Å². The molecule has 64 valence electrons. The van der Waals surface area contributed by atoms with Gasteiger partial charge in [-0.15, -0.1) is 0 Å². The van der Waals surface area contributed by atoms with Crippen LogP contribution in [0.25, 0.3) is 0 Å². The fourth-order valence-electron chi connectivity index (χ4n) is 1.23. The standard InChI is InChI=1S/C8H17N3/c1-3-4-8(9)11-6-5-10(2)7-11/h5-6,8H,3-4,7,9H2,1-2H3. The van der Waals surface area contributed by atoms with Crippen LogP contribution in [0.5, 0.6) is 0 Å². The molecule has 0 aromatic carbocycles. The molecule has 0 aromatic heterocycles. The summed E-state index contributed by atoms with van der Waals surface area (Å²) in [5.74, 6) is 0. The summed E-state index contributed by atoms with van der Waals surface area (Å²) in [6, 6.07) is 0. The highest BCUT2D eigenvalue weighted by Crippen LogP contribution is 2.08. The lowest BCUT2D eigenvalue weighted by molar-refractivity contribution is 0.223. The van der Waals surface area contributed by atoms with Crippen molar-refractivity contribution >= 4 is 0 Å². The van der Waals surface area contributed by atoms with E-state index in [0.29, 0.717) is 0 Å². The summed E-state index contributed by atoms with van der Waals surface area (Å²) < 4.78 is 0. The van der Waals surface area contributed by atoms with E-state index in [4.69, 9.17) is 5.73 Å². The average Bonchev–Trinajstić information content (AvgIpc) is 2.36. The van der Waals surface area contributed by atoms with Crippen molar-refractivity contribution in [3.05, 3.63) is 12.4 Å². The molecule has 0 fully saturated rings. The predicted molar refractivity (Wildman–Crippen MR) is 46.5 cm³/mol. The molecule has 3 nitrogen and oxygen atoms in total. The number of nitrogens with zero attached hydrogens (tertiary/aromatic N) is 2. The van der Waals surface area contributed by atoms with Crippen molar-refractivity contribution < 1.29 is 0 Å². The molecule has 1 rings (SSSR count). The summed E-state index contributed by atoms with van der Waals surface area (Å²) in [7, 11) is 2.05. The van der Waals surface area contributed by atoms with E-state index in [1.165, 1.54) is 0 Å². The van der Waals surface area contributed by atoms with Gasteiger partial charge in [0.05, 0.1) is 12.8 Å². The SMILES string of the molecule is CCCC(N)N1C=CN(C)C1. The topological polar surface area (TPSA) is 32.5 Å². The van der Waals surface area contributed by atoms with Crippen LogP contribution >= 0.6 is 0 Å².